The molecule has 0 aliphatic carbocycles. The predicted molar refractivity (Wildman–Crippen MR) is 113 cm³/mol. The van der Waals surface area contributed by atoms with E-state index in [1.54, 1.807) is 12.4 Å². The van der Waals surface area contributed by atoms with Gasteiger partial charge < -0.3 is 10.2 Å². The highest BCUT2D eigenvalue weighted by Gasteiger charge is 2.29. The molecule has 28 heavy (non-hydrogen) atoms. The molecule has 1 aliphatic rings. The van der Waals surface area contributed by atoms with Gasteiger partial charge in [0.2, 0.25) is 11.9 Å². The third-order valence-electron chi connectivity index (χ3n) is 5.47. The van der Waals surface area contributed by atoms with E-state index >= 15 is 0 Å². The summed E-state index contributed by atoms with van der Waals surface area (Å²) in [5.74, 6) is 1.15. The van der Waals surface area contributed by atoms with Crippen molar-refractivity contribution >= 4 is 11.9 Å². The highest BCUT2D eigenvalue weighted by molar-refractivity contribution is 5.80. The fourth-order valence-electron chi connectivity index (χ4n) is 3.91. The molecule has 1 amide bonds. The van der Waals surface area contributed by atoms with Crippen LogP contribution in [0.2, 0.25) is 0 Å². The molecular formula is C23H32N4O. The van der Waals surface area contributed by atoms with E-state index in [4.69, 9.17) is 0 Å². The van der Waals surface area contributed by atoms with Crippen LogP contribution in [0.4, 0.5) is 5.95 Å². The lowest BCUT2D eigenvalue weighted by Gasteiger charge is -2.33. The summed E-state index contributed by atoms with van der Waals surface area (Å²) in [5.41, 5.74) is 2.54. The van der Waals surface area contributed by atoms with E-state index in [9.17, 15) is 4.79 Å². The quantitative estimate of drug-likeness (QED) is 0.784. The molecule has 1 fully saturated rings. The highest BCUT2D eigenvalue weighted by atomic mass is 16.2. The summed E-state index contributed by atoms with van der Waals surface area (Å²) in [6.07, 6.45) is 7.64. The second kappa shape index (κ2) is 9.67. The van der Waals surface area contributed by atoms with Crippen molar-refractivity contribution in [2.75, 3.05) is 18.0 Å². The van der Waals surface area contributed by atoms with Crippen LogP contribution in [0.3, 0.4) is 0 Å². The zero-order chi connectivity index (χ0) is 19.9. The Labute approximate surface area is 168 Å². The first-order valence-electron chi connectivity index (χ1n) is 10.5. The van der Waals surface area contributed by atoms with Crippen molar-refractivity contribution in [2.45, 2.75) is 52.5 Å². The Bertz CT molecular complexity index is 745. The molecule has 2 aromatic rings. The Hall–Kier alpha value is -2.43. The summed E-state index contributed by atoms with van der Waals surface area (Å²) in [5, 5.41) is 3.32. The van der Waals surface area contributed by atoms with Crippen LogP contribution >= 0.6 is 0 Å². The topological polar surface area (TPSA) is 58.1 Å². The number of anilines is 1. The molecule has 0 spiro atoms. The Morgan fingerprint density at radius 1 is 1.21 bits per heavy atom. The average molecular weight is 381 g/mol. The number of benzene rings is 1. The second-order valence-electron chi connectivity index (χ2n) is 8.06. The van der Waals surface area contributed by atoms with Gasteiger partial charge in [-0.05, 0) is 42.4 Å². The van der Waals surface area contributed by atoms with Crippen molar-refractivity contribution in [1.29, 1.82) is 0 Å². The lowest BCUT2D eigenvalue weighted by molar-refractivity contribution is -0.126. The van der Waals surface area contributed by atoms with Crippen molar-refractivity contribution in [3.05, 3.63) is 53.9 Å². The van der Waals surface area contributed by atoms with Crippen LogP contribution in [0.15, 0.2) is 42.7 Å². The van der Waals surface area contributed by atoms with Crippen LogP contribution in [-0.4, -0.2) is 29.0 Å². The van der Waals surface area contributed by atoms with Crippen LogP contribution in [0.1, 0.15) is 57.2 Å². The monoisotopic (exact) mass is 380 g/mol. The second-order valence-corrected chi connectivity index (χ2v) is 8.06. The fourth-order valence-corrected chi connectivity index (χ4v) is 3.91. The van der Waals surface area contributed by atoms with Gasteiger partial charge in [0.1, 0.15) is 0 Å². The van der Waals surface area contributed by atoms with Crippen molar-refractivity contribution in [3.8, 4) is 0 Å². The van der Waals surface area contributed by atoms with Gasteiger partial charge in [0.15, 0.2) is 0 Å². The molecule has 1 aliphatic heterocycles. The van der Waals surface area contributed by atoms with Gasteiger partial charge in [-0.25, -0.2) is 9.97 Å². The zero-order valence-electron chi connectivity index (χ0n) is 17.3. The first-order chi connectivity index (χ1) is 13.6. The minimum Gasteiger partial charge on any atom is -0.349 e. The van der Waals surface area contributed by atoms with Crippen LogP contribution in [-0.2, 0) is 11.2 Å². The van der Waals surface area contributed by atoms with Gasteiger partial charge in [-0.1, -0.05) is 51.5 Å². The standard InChI is InChI=1S/C23H32N4O/c1-4-7-18-9-11-19(12-10-18)21(17(2)3)26-22(28)20-8-5-15-27(16-20)23-24-13-6-14-25-23/h6,9-14,17,20-21H,4-5,7-8,15-16H2,1-3H3,(H,26,28)/t20-,21+/m1/s1. The summed E-state index contributed by atoms with van der Waals surface area (Å²) in [6, 6.07) is 10.6. The van der Waals surface area contributed by atoms with Gasteiger partial charge >= 0.3 is 0 Å². The van der Waals surface area contributed by atoms with E-state index in [2.05, 4.69) is 65.2 Å². The number of piperidine rings is 1. The molecule has 2 heterocycles. The van der Waals surface area contributed by atoms with E-state index in [-0.39, 0.29) is 17.9 Å². The van der Waals surface area contributed by atoms with Crippen molar-refractivity contribution in [3.63, 3.8) is 0 Å². The van der Waals surface area contributed by atoms with Crippen LogP contribution < -0.4 is 10.2 Å². The molecule has 5 nitrogen and oxygen atoms in total. The number of hydrogen-bond acceptors (Lipinski definition) is 4. The van der Waals surface area contributed by atoms with E-state index in [0.29, 0.717) is 18.4 Å². The number of amides is 1. The van der Waals surface area contributed by atoms with Gasteiger partial charge in [-0.2, -0.15) is 0 Å². The molecule has 1 aromatic heterocycles. The molecule has 1 aromatic carbocycles. The number of nitrogens with zero attached hydrogens (tertiary/aromatic N) is 3. The molecular weight excluding hydrogens is 348 g/mol. The summed E-state index contributed by atoms with van der Waals surface area (Å²) in [4.78, 5) is 23.9. The maximum atomic E-state index is 13.1. The molecule has 3 rings (SSSR count). The number of aryl methyl sites for hydroxylation is 1. The van der Waals surface area contributed by atoms with Crippen LogP contribution in [0.5, 0.6) is 0 Å². The molecule has 2 atom stereocenters. The SMILES string of the molecule is CCCc1ccc([C@@H](NC(=O)[C@@H]2CCCN(c3ncccn3)C2)C(C)C)cc1. The molecule has 0 bridgehead atoms. The summed E-state index contributed by atoms with van der Waals surface area (Å²) >= 11 is 0. The number of nitrogens with one attached hydrogen (secondary N) is 1. The highest BCUT2D eigenvalue weighted by Crippen LogP contribution is 2.25. The van der Waals surface area contributed by atoms with Crippen molar-refractivity contribution < 1.29 is 4.79 Å². The molecule has 0 saturated carbocycles. The summed E-state index contributed by atoms with van der Waals surface area (Å²) < 4.78 is 0. The number of carbonyl (C=O) groups excluding carboxylic acids is 1. The normalized spacial score (nSPS) is 18.1. The Morgan fingerprint density at radius 2 is 1.93 bits per heavy atom. The minimum atomic E-state index is -0.0295. The summed E-state index contributed by atoms with van der Waals surface area (Å²) in [6.45, 7) is 8.10. The fraction of sp³-hybridized carbons (Fsp3) is 0.522. The average Bonchev–Trinajstić information content (AvgIpc) is 2.73. The van der Waals surface area contributed by atoms with Crippen molar-refractivity contribution in [2.24, 2.45) is 11.8 Å². The Morgan fingerprint density at radius 3 is 2.57 bits per heavy atom. The smallest absolute Gasteiger partial charge is 0.225 e. The van der Waals surface area contributed by atoms with Gasteiger partial charge in [-0.15, -0.1) is 0 Å². The summed E-state index contributed by atoms with van der Waals surface area (Å²) in [7, 11) is 0. The van der Waals surface area contributed by atoms with Gasteiger partial charge in [0.05, 0.1) is 12.0 Å². The van der Waals surface area contributed by atoms with E-state index < -0.39 is 0 Å². The zero-order valence-corrected chi connectivity index (χ0v) is 17.3. The van der Waals surface area contributed by atoms with E-state index in [1.807, 2.05) is 6.07 Å². The maximum Gasteiger partial charge on any atom is 0.225 e. The van der Waals surface area contributed by atoms with Gasteiger partial charge in [0, 0.05) is 25.5 Å². The lowest BCUT2D eigenvalue weighted by Crippen LogP contribution is -2.45. The van der Waals surface area contributed by atoms with E-state index in [1.165, 1.54) is 11.1 Å². The molecule has 1 saturated heterocycles. The van der Waals surface area contributed by atoms with Crippen LogP contribution in [0.25, 0.3) is 0 Å². The minimum absolute atomic E-state index is 0.0295. The Kier molecular flexibility index (Phi) is 7.01. The molecule has 0 radical (unpaired) electrons. The maximum absolute atomic E-state index is 13.1. The predicted octanol–water partition coefficient (Wildman–Crippen LogP) is 4.16. The number of aromatic nitrogens is 2. The first-order valence-corrected chi connectivity index (χ1v) is 10.5. The first kappa shape index (κ1) is 20.3. The number of rotatable bonds is 7. The van der Waals surface area contributed by atoms with Crippen LogP contribution in [0, 0.1) is 11.8 Å². The molecule has 150 valence electrons. The number of hydrogen-bond donors (Lipinski definition) is 1. The van der Waals surface area contributed by atoms with E-state index in [0.717, 1.165) is 32.2 Å². The molecule has 5 heteroatoms. The third kappa shape index (κ3) is 5.09. The Balaban J connectivity index is 1.66. The third-order valence-corrected chi connectivity index (χ3v) is 5.47. The largest absolute Gasteiger partial charge is 0.349 e. The lowest BCUT2D eigenvalue weighted by atomic mass is 9.92. The molecule has 0 unspecified atom stereocenters. The van der Waals surface area contributed by atoms with Crippen molar-refractivity contribution in [1.82, 2.24) is 15.3 Å². The van der Waals surface area contributed by atoms with Gasteiger partial charge in [-0.3, -0.25) is 4.79 Å². The number of carbonyl (C=O) groups is 1. The van der Waals surface area contributed by atoms with Gasteiger partial charge in [0.25, 0.3) is 0 Å². The molecule has 1 N–H and O–H groups in total.